The summed E-state index contributed by atoms with van der Waals surface area (Å²) in [5.41, 5.74) is 7.45. The van der Waals surface area contributed by atoms with Gasteiger partial charge in [0.2, 0.25) is 0 Å². The molecule has 8 heteroatoms. The van der Waals surface area contributed by atoms with E-state index < -0.39 is 0 Å². The molecule has 5 aromatic rings. The lowest BCUT2D eigenvalue weighted by atomic mass is 10.1. The summed E-state index contributed by atoms with van der Waals surface area (Å²) >= 11 is 9.39. The fraction of sp³-hybridized carbons (Fsp3) is 0.0333. The van der Waals surface area contributed by atoms with Crippen LogP contribution < -0.4 is 10.2 Å². The Bertz CT molecular complexity index is 1550. The van der Waals surface area contributed by atoms with E-state index >= 15 is 0 Å². The zero-order valence-electron chi connectivity index (χ0n) is 20.1. The van der Waals surface area contributed by atoms with Gasteiger partial charge < -0.3 is 4.74 Å². The van der Waals surface area contributed by atoms with Crippen molar-refractivity contribution in [3.05, 3.63) is 136 Å². The van der Waals surface area contributed by atoms with Crippen LogP contribution in [-0.2, 0) is 6.61 Å². The van der Waals surface area contributed by atoms with E-state index in [1.807, 2.05) is 85.1 Å². The average Bonchev–Trinajstić information content (AvgIpc) is 3.38. The van der Waals surface area contributed by atoms with Crippen LogP contribution in [0, 0.1) is 0 Å². The number of rotatable bonds is 8. The molecule has 38 heavy (non-hydrogen) atoms. The van der Waals surface area contributed by atoms with Gasteiger partial charge in [-0.3, -0.25) is 4.79 Å². The molecule has 1 N–H and O–H groups in total. The lowest BCUT2D eigenvalue weighted by molar-refractivity contribution is 0.0955. The van der Waals surface area contributed by atoms with Crippen molar-refractivity contribution in [1.29, 1.82) is 0 Å². The molecule has 0 saturated carbocycles. The van der Waals surface area contributed by atoms with Gasteiger partial charge in [-0.1, -0.05) is 70.0 Å². The quantitative estimate of drug-likeness (QED) is 0.153. The molecule has 5 rings (SSSR count). The van der Waals surface area contributed by atoms with Gasteiger partial charge in [0.15, 0.2) is 0 Å². The molecule has 1 aromatic heterocycles. The SMILES string of the molecule is O=C(N/N=C/c1cn(-c2ccccc2)nc1-c1ccc(Br)cc1)c1ccc(OCc2ccc(Cl)cc2)cc1. The van der Waals surface area contributed by atoms with Crippen molar-refractivity contribution in [1.82, 2.24) is 15.2 Å². The number of hydrazone groups is 1. The Morgan fingerprint density at radius 1 is 0.947 bits per heavy atom. The van der Waals surface area contributed by atoms with Crippen LogP contribution in [0.2, 0.25) is 5.02 Å². The Hall–Kier alpha value is -4.20. The standard InChI is InChI=1S/C30H22BrClN4O2/c31-25-12-8-22(9-13-25)29-24(19-36(35-29)27-4-2-1-3-5-27)18-33-34-30(37)23-10-16-28(17-11-23)38-20-21-6-14-26(32)15-7-21/h1-19H,20H2,(H,34,37)/b33-18+. The van der Waals surface area contributed by atoms with Crippen molar-refractivity contribution in [2.45, 2.75) is 6.61 Å². The van der Waals surface area contributed by atoms with Crippen molar-refractivity contribution in [2.75, 3.05) is 0 Å². The lowest BCUT2D eigenvalue weighted by Gasteiger charge is -2.07. The molecular weight excluding hydrogens is 564 g/mol. The zero-order chi connectivity index (χ0) is 26.3. The van der Waals surface area contributed by atoms with Crippen molar-refractivity contribution < 1.29 is 9.53 Å². The van der Waals surface area contributed by atoms with Crippen LogP contribution in [0.5, 0.6) is 5.75 Å². The molecule has 0 spiro atoms. The van der Waals surface area contributed by atoms with E-state index in [0.29, 0.717) is 22.9 Å². The molecule has 1 heterocycles. The number of para-hydroxylation sites is 1. The average molecular weight is 586 g/mol. The predicted molar refractivity (Wildman–Crippen MR) is 154 cm³/mol. The van der Waals surface area contributed by atoms with Crippen LogP contribution in [0.4, 0.5) is 0 Å². The van der Waals surface area contributed by atoms with Crippen molar-refractivity contribution >= 4 is 39.7 Å². The fourth-order valence-corrected chi connectivity index (χ4v) is 4.09. The van der Waals surface area contributed by atoms with Crippen LogP contribution in [0.15, 0.2) is 119 Å². The Balaban J connectivity index is 1.27. The zero-order valence-corrected chi connectivity index (χ0v) is 22.4. The normalized spacial score (nSPS) is 11.0. The number of hydrogen-bond donors (Lipinski definition) is 1. The first-order valence-corrected chi connectivity index (χ1v) is 12.9. The number of ether oxygens (including phenoxy) is 1. The Morgan fingerprint density at radius 2 is 1.66 bits per heavy atom. The minimum atomic E-state index is -0.328. The van der Waals surface area contributed by atoms with E-state index in [2.05, 4.69) is 26.5 Å². The van der Waals surface area contributed by atoms with Gasteiger partial charge in [0, 0.05) is 32.4 Å². The molecule has 0 bridgehead atoms. The summed E-state index contributed by atoms with van der Waals surface area (Å²) in [5, 5.41) is 9.65. The number of halogens is 2. The number of nitrogens with one attached hydrogen (secondary N) is 1. The molecule has 0 aliphatic heterocycles. The first-order valence-electron chi connectivity index (χ1n) is 11.8. The Kier molecular flexibility index (Phi) is 7.97. The number of benzene rings is 4. The monoisotopic (exact) mass is 584 g/mol. The molecule has 0 atom stereocenters. The van der Waals surface area contributed by atoms with Crippen LogP contribution >= 0.6 is 27.5 Å². The number of carbonyl (C=O) groups excluding carboxylic acids is 1. The highest BCUT2D eigenvalue weighted by atomic mass is 79.9. The minimum Gasteiger partial charge on any atom is -0.489 e. The summed E-state index contributed by atoms with van der Waals surface area (Å²) in [6, 6.07) is 32.1. The summed E-state index contributed by atoms with van der Waals surface area (Å²) in [5.74, 6) is 0.332. The summed E-state index contributed by atoms with van der Waals surface area (Å²) in [7, 11) is 0. The van der Waals surface area contributed by atoms with Crippen molar-refractivity contribution in [3.63, 3.8) is 0 Å². The van der Waals surface area contributed by atoms with Crippen LogP contribution in [0.25, 0.3) is 16.9 Å². The first-order chi connectivity index (χ1) is 18.5. The molecular formula is C30H22BrClN4O2. The number of hydrogen-bond acceptors (Lipinski definition) is 4. The van der Waals surface area contributed by atoms with E-state index in [1.54, 1.807) is 35.2 Å². The van der Waals surface area contributed by atoms with E-state index in [0.717, 1.165) is 32.5 Å². The van der Waals surface area contributed by atoms with E-state index in [9.17, 15) is 4.79 Å². The van der Waals surface area contributed by atoms with Gasteiger partial charge in [-0.25, -0.2) is 10.1 Å². The Labute approximate surface area is 233 Å². The topological polar surface area (TPSA) is 68.5 Å². The summed E-state index contributed by atoms with van der Waals surface area (Å²) < 4.78 is 8.56. The number of amides is 1. The summed E-state index contributed by atoms with van der Waals surface area (Å²) in [6.07, 6.45) is 3.49. The van der Waals surface area contributed by atoms with Crippen LogP contribution in [0.3, 0.4) is 0 Å². The van der Waals surface area contributed by atoms with Crippen LogP contribution in [-0.4, -0.2) is 21.9 Å². The lowest BCUT2D eigenvalue weighted by Crippen LogP contribution is -2.17. The molecule has 0 aliphatic rings. The highest BCUT2D eigenvalue weighted by molar-refractivity contribution is 9.10. The van der Waals surface area contributed by atoms with Crippen molar-refractivity contribution in [3.8, 4) is 22.7 Å². The largest absolute Gasteiger partial charge is 0.489 e. The Morgan fingerprint density at radius 3 is 2.37 bits per heavy atom. The fourth-order valence-electron chi connectivity index (χ4n) is 3.70. The molecule has 0 unspecified atom stereocenters. The first kappa shape index (κ1) is 25.4. The minimum absolute atomic E-state index is 0.328. The summed E-state index contributed by atoms with van der Waals surface area (Å²) in [6.45, 7) is 0.407. The molecule has 0 aliphatic carbocycles. The maximum atomic E-state index is 12.7. The maximum absolute atomic E-state index is 12.7. The van der Waals surface area contributed by atoms with Gasteiger partial charge in [0.25, 0.3) is 5.91 Å². The molecule has 0 fully saturated rings. The smallest absolute Gasteiger partial charge is 0.271 e. The number of carbonyl (C=O) groups is 1. The molecule has 6 nitrogen and oxygen atoms in total. The molecule has 188 valence electrons. The molecule has 1 amide bonds. The van der Waals surface area contributed by atoms with Gasteiger partial charge in [0.05, 0.1) is 11.9 Å². The molecule has 0 saturated heterocycles. The molecule has 4 aromatic carbocycles. The second kappa shape index (κ2) is 11.9. The third-order valence-corrected chi connectivity index (χ3v) is 6.47. The van der Waals surface area contributed by atoms with Gasteiger partial charge in [-0.05, 0) is 66.2 Å². The number of aromatic nitrogens is 2. The maximum Gasteiger partial charge on any atom is 0.271 e. The summed E-state index contributed by atoms with van der Waals surface area (Å²) in [4.78, 5) is 12.7. The number of nitrogens with zero attached hydrogens (tertiary/aromatic N) is 3. The highest BCUT2D eigenvalue weighted by Crippen LogP contribution is 2.24. The van der Waals surface area contributed by atoms with Gasteiger partial charge in [-0.15, -0.1) is 0 Å². The van der Waals surface area contributed by atoms with Crippen LogP contribution in [0.1, 0.15) is 21.5 Å². The van der Waals surface area contributed by atoms with Gasteiger partial charge in [0.1, 0.15) is 18.1 Å². The van der Waals surface area contributed by atoms with E-state index in [-0.39, 0.29) is 5.91 Å². The second-order valence-electron chi connectivity index (χ2n) is 8.36. The van der Waals surface area contributed by atoms with E-state index in [4.69, 9.17) is 21.4 Å². The van der Waals surface area contributed by atoms with E-state index in [1.165, 1.54) is 0 Å². The van der Waals surface area contributed by atoms with Gasteiger partial charge in [-0.2, -0.15) is 10.2 Å². The second-order valence-corrected chi connectivity index (χ2v) is 9.71. The third kappa shape index (κ3) is 6.37. The van der Waals surface area contributed by atoms with Gasteiger partial charge >= 0.3 is 0 Å². The highest BCUT2D eigenvalue weighted by Gasteiger charge is 2.12. The third-order valence-electron chi connectivity index (χ3n) is 5.69. The predicted octanol–water partition coefficient (Wildman–Crippen LogP) is 7.30. The van der Waals surface area contributed by atoms with Crippen molar-refractivity contribution in [2.24, 2.45) is 5.10 Å². The molecule has 0 radical (unpaired) electrons.